The van der Waals surface area contributed by atoms with Crippen molar-refractivity contribution in [3.63, 3.8) is 0 Å². The maximum Gasteiger partial charge on any atom is 0.283 e. The van der Waals surface area contributed by atoms with Crippen molar-refractivity contribution in [1.82, 2.24) is 14.6 Å². The van der Waals surface area contributed by atoms with Crippen molar-refractivity contribution in [2.45, 2.75) is 6.92 Å². The Hall–Kier alpha value is -2.18. The number of aryl methyl sites for hydroxylation is 1. The summed E-state index contributed by atoms with van der Waals surface area (Å²) in [5, 5.41) is 7.36. The molecule has 2 heterocycles. The Morgan fingerprint density at radius 2 is 2.17 bits per heavy atom. The first-order valence-electron chi connectivity index (χ1n) is 6.93. The maximum atomic E-state index is 12.7. The Bertz CT molecular complexity index is 958. The number of halogens is 1. The Morgan fingerprint density at radius 3 is 2.87 bits per heavy atom. The van der Waals surface area contributed by atoms with Crippen LogP contribution in [0.2, 0.25) is 5.02 Å². The molecule has 2 aromatic heterocycles. The van der Waals surface area contributed by atoms with Gasteiger partial charge in [0.05, 0.1) is 5.39 Å². The van der Waals surface area contributed by atoms with Crippen LogP contribution in [0.5, 0.6) is 0 Å². The van der Waals surface area contributed by atoms with Crippen molar-refractivity contribution in [2.75, 3.05) is 14.1 Å². The molecule has 0 radical (unpaired) electrons. The standard InChI is InChI=1S/C16H15ClN4OS/c1-10-6-11(4-5-13(10)17)12-7-23-15-14(12)16(22)21(8-18-15)19-9-20(2)3/h4-9H,1-3H3/b19-9+. The van der Waals surface area contributed by atoms with Gasteiger partial charge in [0.25, 0.3) is 5.56 Å². The summed E-state index contributed by atoms with van der Waals surface area (Å²) in [7, 11) is 3.68. The van der Waals surface area contributed by atoms with Crippen LogP contribution in [-0.4, -0.2) is 35.0 Å². The van der Waals surface area contributed by atoms with Crippen molar-refractivity contribution in [1.29, 1.82) is 0 Å². The van der Waals surface area contributed by atoms with Crippen molar-refractivity contribution >= 4 is 39.5 Å². The number of hydrogen-bond donors (Lipinski definition) is 0. The predicted molar refractivity (Wildman–Crippen MR) is 96.6 cm³/mol. The molecule has 118 valence electrons. The van der Waals surface area contributed by atoms with E-state index in [0.717, 1.165) is 16.7 Å². The molecule has 0 saturated carbocycles. The Morgan fingerprint density at radius 1 is 1.39 bits per heavy atom. The van der Waals surface area contributed by atoms with Gasteiger partial charge in [0, 0.05) is 30.1 Å². The minimum absolute atomic E-state index is 0.183. The van der Waals surface area contributed by atoms with Crippen molar-refractivity contribution in [2.24, 2.45) is 5.10 Å². The van der Waals surface area contributed by atoms with Crippen molar-refractivity contribution < 1.29 is 0 Å². The van der Waals surface area contributed by atoms with Gasteiger partial charge in [-0.3, -0.25) is 4.79 Å². The molecule has 23 heavy (non-hydrogen) atoms. The molecular weight excluding hydrogens is 332 g/mol. The van der Waals surface area contributed by atoms with Gasteiger partial charge in [-0.2, -0.15) is 9.78 Å². The molecular formula is C16H15ClN4OS. The summed E-state index contributed by atoms with van der Waals surface area (Å²) < 4.78 is 1.25. The van der Waals surface area contributed by atoms with Crippen LogP contribution in [0.3, 0.4) is 0 Å². The molecule has 0 fully saturated rings. The van der Waals surface area contributed by atoms with Crippen LogP contribution < -0.4 is 5.56 Å². The molecule has 0 unspecified atom stereocenters. The van der Waals surface area contributed by atoms with Gasteiger partial charge in [0.1, 0.15) is 17.5 Å². The van der Waals surface area contributed by atoms with E-state index in [1.54, 1.807) is 11.2 Å². The second-order valence-electron chi connectivity index (χ2n) is 5.38. The van der Waals surface area contributed by atoms with Crippen LogP contribution in [0.15, 0.2) is 39.8 Å². The average molecular weight is 347 g/mol. The molecule has 0 aliphatic carbocycles. The Balaban J connectivity index is 2.20. The molecule has 7 heteroatoms. The summed E-state index contributed by atoms with van der Waals surface area (Å²) in [4.78, 5) is 19.5. The van der Waals surface area contributed by atoms with Gasteiger partial charge in [-0.1, -0.05) is 17.7 Å². The summed E-state index contributed by atoms with van der Waals surface area (Å²) in [5.74, 6) is 0. The van der Waals surface area contributed by atoms with Crippen LogP contribution in [0, 0.1) is 6.92 Å². The fraction of sp³-hybridized carbons (Fsp3) is 0.188. The van der Waals surface area contributed by atoms with Gasteiger partial charge in [0.2, 0.25) is 0 Å². The highest BCUT2D eigenvalue weighted by atomic mass is 35.5. The molecule has 3 rings (SSSR count). The fourth-order valence-corrected chi connectivity index (χ4v) is 3.21. The number of rotatable bonds is 3. The summed E-state index contributed by atoms with van der Waals surface area (Å²) in [6, 6.07) is 5.73. The molecule has 1 aromatic carbocycles. The molecule has 0 aliphatic heterocycles. The van der Waals surface area contributed by atoms with E-state index in [1.165, 1.54) is 22.3 Å². The van der Waals surface area contributed by atoms with E-state index in [9.17, 15) is 4.79 Å². The molecule has 0 spiro atoms. The van der Waals surface area contributed by atoms with E-state index in [2.05, 4.69) is 10.1 Å². The molecule has 0 N–H and O–H groups in total. The molecule has 0 amide bonds. The monoisotopic (exact) mass is 346 g/mol. The number of benzene rings is 1. The lowest BCUT2D eigenvalue weighted by molar-refractivity contribution is 0.629. The fourth-order valence-electron chi connectivity index (χ4n) is 2.19. The second kappa shape index (κ2) is 6.14. The minimum Gasteiger partial charge on any atom is -0.367 e. The zero-order valence-corrected chi connectivity index (χ0v) is 14.5. The minimum atomic E-state index is -0.183. The largest absolute Gasteiger partial charge is 0.367 e. The highest BCUT2D eigenvalue weighted by Crippen LogP contribution is 2.32. The lowest BCUT2D eigenvalue weighted by Gasteiger charge is -2.05. The Kier molecular flexibility index (Phi) is 4.19. The summed E-state index contributed by atoms with van der Waals surface area (Å²) in [6.45, 7) is 1.94. The first-order valence-corrected chi connectivity index (χ1v) is 8.19. The zero-order chi connectivity index (χ0) is 16.6. The smallest absolute Gasteiger partial charge is 0.283 e. The molecule has 5 nitrogen and oxygen atoms in total. The van der Waals surface area contributed by atoms with E-state index in [1.807, 2.05) is 44.6 Å². The third-order valence-corrected chi connectivity index (χ3v) is 4.66. The topological polar surface area (TPSA) is 50.5 Å². The third kappa shape index (κ3) is 3.00. The normalized spacial score (nSPS) is 11.5. The summed E-state index contributed by atoms with van der Waals surface area (Å²) in [6.07, 6.45) is 3.01. The number of hydrogen-bond acceptors (Lipinski definition) is 4. The average Bonchev–Trinajstić information content (AvgIpc) is 2.94. The number of nitrogens with zero attached hydrogens (tertiary/aromatic N) is 4. The molecule has 0 saturated heterocycles. The Labute approximate surface area is 142 Å². The highest BCUT2D eigenvalue weighted by Gasteiger charge is 2.13. The van der Waals surface area contributed by atoms with Gasteiger partial charge >= 0.3 is 0 Å². The number of aromatic nitrogens is 2. The van der Waals surface area contributed by atoms with E-state index in [4.69, 9.17) is 11.6 Å². The van der Waals surface area contributed by atoms with Crippen LogP contribution in [0.25, 0.3) is 21.3 Å². The SMILES string of the molecule is Cc1cc(-c2csc3ncn(/N=C/N(C)C)c(=O)c23)ccc1Cl. The predicted octanol–water partition coefficient (Wildman–Crippen LogP) is 3.44. The molecule has 0 aliphatic rings. The van der Waals surface area contributed by atoms with Gasteiger partial charge in [-0.25, -0.2) is 4.98 Å². The zero-order valence-electron chi connectivity index (χ0n) is 12.9. The van der Waals surface area contributed by atoms with E-state index < -0.39 is 0 Å². The molecule has 3 aromatic rings. The first kappa shape index (κ1) is 15.7. The van der Waals surface area contributed by atoms with Gasteiger partial charge in [-0.05, 0) is 30.2 Å². The van der Waals surface area contributed by atoms with E-state index in [-0.39, 0.29) is 5.56 Å². The quantitative estimate of drug-likeness (QED) is 0.539. The van der Waals surface area contributed by atoms with E-state index >= 15 is 0 Å². The second-order valence-corrected chi connectivity index (χ2v) is 6.65. The third-order valence-electron chi connectivity index (χ3n) is 3.35. The lowest BCUT2D eigenvalue weighted by atomic mass is 10.0. The number of fused-ring (bicyclic) bond motifs is 1. The van der Waals surface area contributed by atoms with Crippen LogP contribution in [0.4, 0.5) is 0 Å². The van der Waals surface area contributed by atoms with Crippen molar-refractivity contribution in [3.8, 4) is 11.1 Å². The number of thiophene rings is 1. The van der Waals surface area contributed by atoms with Crippen molar-refractivity contribution in [3.05, 3.63) is 50.8 Å². The first-order chi connectivity index (χ1) is 11.0. The van der Waals surface area contributed by atoms with Crippen LogP contribution >= 0.6 is 22.9 Å². The van der Waals surface area contributed by atoms with E-state index in [0.29, 0.717) is 15.2 Å². The summed E-state index contributed by atoms with van der Waals surface area (Å²) >= 11 is 7.53. The molecule has 0 atom stereocenters. The summed E-state index contributed by atoms with van der Waals surface area (Å²) in [5.41, 5.74) is 2.60. The van der Waals surface area contributed by atoms with Gasteiger partial charge in [-0.15, -0.1) is 11.3 Å². The lowest BCUT2D eigenvalue weighted by Crippen LogP contribution is -2.19. The highest BCUT2D eigenvalue weighted by molar-refractivity contribution is 7.17. The molecule has 0 bridgehead atoms. The maximum absolute atomic E-state index is 12.7. The van der Waals surface area contributed by atoms with Crippen LogP contribution in [-0.2, 0) is 0 Å². The van der Waals surface area contributed by atoms with Gasteiger partial charge < -0.3 is 4.90 Å². The van der Waals surface area contributed by atoms with Gasteiger partial charge in [0.15, 0.2) is 0 Å². The van der Waals surface area contributed by atoms with Crippen LogP contribution in [0.1, 0.15) is 5.56 Å².